The van der Waals surface area contributed by atoms with E-state index in [9.17, 15) is 5.11 Å². The van der Waals surface area contributed by atoms with Crippen LogP contribution in [0.3, 0.4) is 0 Å². The van der Waals surface area contributed by atoms with E-state index in [0.29, 0.717) is 12.0 Å². The smallest absolute Gasteiger partial charge is 0.0583 e. The van der Waals surface area contributed by atoms with Gasteiger partial charge in [0.1, 0.15) is 0 Å². The van der Waals surface area contributed by atoms with Crippen LogP contribution in [0.5, 0.6) is 0 Å². The van der Waals surface area contributed by atoms with Crippen LogP contribution in [0.4, 0.5) is 0 Å². The van der Waals surface area contributed by atoms with Crippen molar-refractivity contribution in [2.75, 3.05) is 13.1 Å². The molecule has 0 aromatic rings. The molecule has 2 aliphatic rings. The summed E-state index contributed by atoms with van der Waals surface area (Å²) in [5.74, 6) is 0.570. The summed E-state index contributed by atoms with van der Waals surface area (Å²) >= 11 is 0. The third-order valence-electron chi connectivity index (χ3n) is 4.45. The number of hydrogen-bond donors (Lipinski definition) is 1. The second-order valence-electron chi connectivity index (χ2n) is 5.61. The highest BCUT2D eigenvalue weighted by atomic mass is 16.3. The molecule has 3 atom stereocenters. The molecule has 0 spiro atoms. The average Bonchev–Trinajstić information content (AvgIpc) is 2.31. The van der Waals surface area contributed by atoms with Gasteiger partial charge in [-0.1, -0.05) is 26.2 Å². The zero-order valence-corrected chi connectivity index (χ0v) is 10.7. The van der Waals surface area contributed by atoms with Crippen molar-refractivity contribution in [3.8, 4) is 0 Å². The lowest BCUT2D eigenvalue weighted by atomic mass is 9.78. The van der Waals surface area contributed by atoms with E-state index in [1.807, 2.05) is 0 Å². The second-order valence-corrected chi connectivity index (χ2v) is 5.61. The highest BCUT2D eigenvalue weighted by Gasteiger charge is 2.34. The minimum Gasteiger partial charge on any atom is -0.393 e. The molecule has 2 heteroatoms. The molecule has 1 aliphatic carbocycles. The highest BCUT2D eigenvalue weighted by molar-refractivity contribution is 4.88. The van der Waals surface area contributed by atoms with Gasteiger partial charge in [0.25, 0.3) is 0 Å². The largest absolute Gasteiger partial charge is 0.393 e. The molecule has 0 aromatic heterocycles. The van der Waals surface area contributed by atoms with Crippen molar-refractivity contribution < 1.29 is 5.11 Å². The van der Waals surface area contributed by atoms with E-state index in [2.05, 4.69) is 11.8 Å². The SMILES string of the molecule is CCCN1CCCCC1C1CCCCC1O. The first-order valence-corrected chi connectivity index (χ1v) is 7.25. The van der Waals surface area contributed by atoms with Gasteiger partial charge >= 0.3 is 0 Å². The summed E-state index contributed by atoms with van der Waals surface area (Å²) in [5, 5.41) is 10.2. The van der Waals surface area contributed by atoms with Gasteiger partial charge in [-0.2, -0.15) is 0 Å². The molecule has 1 saturated carbocycles. The Labute approximate surface area is 100 Å². The molecule has 1 heterocycles. The number of rotatable bonds is 3. The van der Waals surface area contributed by atoms with E-state index in [1.54, 1.807) is 0 Å². The van der Waals surface area contributed by atoms with Gasteiger partial charge < -0.3 is 10.0 Å². The fraction of sp³-hybridized carbons (Fsp3) is 1.00. The Balaban J connectivity index is 1.97. The van der Waals surface area contributed by atoms with Crippen LogP contribution in [-0.4, -0.2) is 35.2 Å². The van der Waals surface area contributed by atoms with E-state index in [-0.39, 0.29) is 6.10 Å². The van der Waals surface area contributed by atoms with E-state index >= 15 is 0 Å². The van der Waals surface area contributed by atoms with E-state index in [0.717, 1.165) is 6.42 Å². The van der Waals surface area contributed by atoms with Crippen molar-refractivity contribution in [1.29, 1.82) is 0 Å². The molecule has 1 aliphatic heterocycles. The van der Waals surface area contributed by atoms with Crippen molar-refractivity contribution in [3.05, 3.63) is 0 Å². The van der Waals surface area contributed by atoms with E-state index in [1.165, 1.54) is 58.0 Å². The third-order valence-corrected chi connectivity index (χ3v) is 4.45. The molecule has 94 valence electrons. The lowest BCUT2D eigenvalue weighted by Gasteiger charge is -2.43. The first-order valence-electron chi connectivity index (χ1n) is 7.25. The predicted molar refractivity (Wildman–Crippen MR) is 67.5 cm³/mol. The second kappa shape index (κ2) is 6.02. The Morgan fingerprint density at radius 3 is 2.56 bits per heavy atom. The molecule has 0 bridgehead atoms. The Hall–Kier alpha value is -0.0800. The summed E-state index contributed by atoms with van der Waals surface area (Å²) < 4.78 is 0. The summed E-state index contributed by atoms with van der Waals surface area (Å²) in [4.78, 5) is 2.66. The lowest BCUT2D eigenvalue weighted by Crippen LogP contribution is -2.48. The minimum atomic E-state index is -0.0174. The maximum absolute atomic E-state index is 10.2. The first kappa shape index (κ1) is 12.4. The van der Waals surface area contributed by atoms with Crippen LogP contribution in [0.25, 0.3) is 0 Å². The average molecular weight is 225 g/mol. The number of piperidine rings is 1. The van der Waals surface area contributed by atoms with Gasteiger partial charge in [-0.15, -0.1) is 0 Å². The van der Waals surface area contributed by atoms with E-state index in [4.69, 9.17) is 0 Å². The molecule has 1 N–H and O–H groups in total. The summed E-state index contributed by atoms with van der Waals surface area (Å²) in [6.45, 7) is 4.76. The summed E-state index contributed by atoms with van der Waals surface area (Å²) in [7, 11) is 0. The molecule has 0 amide bonds. The Morgan fingerprint density at radius 1 is 1.06 bits per heavy atom. The Kier molecular flexibility index (Phi) is 4.66. The molecular weight excluding hydrogens is 198 g/mol. The number of aliphatic hydroxyl groups excluding tert-OH is 1. The summed E-state index contributed by atoms with van der Waals surface area (Å²) in [5.41, 5.74) is 0. The third kappa shape index (κ3) is 2.78. The van der Waals surface area contributed by atoms with Crippen LogP contribution >= 0.6 is 0 Å². The molecule has 0 radical (unpaired) electrons. The fourth-order valence-electron chi connectivity index (χ4n) is 3.66. The summed E-state index contributed by atoms with van der Waals surface area (Å²) in [6, 6.07) is 0.684. The molecule has 2 fully saturated rings. The van der Waals surface area contributed by atoms with Crippen molar-refractivity contribution in [2.45, 2.75) is 70.4 Å². The quantitative estimate of drug-likeness (QED) is 0.798. The summed E-state index contributed by atoms with van der Waals surface area (Å²) in [6.07, 6.45) is 10.1. The van der Waals surface area contributed by atoms with Crippen LogP contribution in [0, 0.1) is 5.92 Å². The monoisotopic (exact) mass is 225 g/mol. The number of aliphatic hydroxyl groups is 1. The van der Waals surface area contributed by atoms with Crippen molar-refractivity contribution in [3.63, 3.8) is 0 Å². The Morgan fingerprint density at radius 2 is 1.81 bits per heavy atom. The van der Waals surface area contributed by atoms with Gasteiger partial charge in [-0.3, -0.25) is 0 Å². The van der Waals surface area contributed by atoms with Crippen molar-refractivity contribution in [1.82, 2.24) is 4.90 Å². The maximum atomic E-state index is 10.2. The number of hydrogen-bond acceptors (Lipinski definition) is 2. The normalized spacial score (nSPS) is 37.5. The topological polar surface area (TPSA) is 23.5 Å². The first-order chi connectivity index (χ1) is 7.83. The van der Waals surface area contributed by atoms with Crippen LogP contribution in [0.15, 0.2) is 0 Å². The highest BCUT2D eigenvalue weighted by Crippen LogP contribution is 2.33. The number of likely N-dealkylation sites (tertiary alicyclic amines) is 1. The van der Waals surface area contributed by atoms with Crippen LogP contribution in [0.2, 0.25) is 0 Å². The molecule has 2 nitrogen and oxygen atoms in total. The number of nitrogens with zero attached hydrogens (tertiary/aromatic N) is 1. The van der Waals surface area contributed by atoms with Gasteiger partial charge in [0.15, 0.2) is 0 Å². The lowest BCUT2D eigenvalue weighted by molar-refractivity contribution is -0.00542. The molecule has 1 saturated heterocycles. The van der Waals surface area contributed by atoms with Crippen molar-refractivity contribution >= 4 is 0 Å². The standard InChI is InChI=1S/C14H27NO/c1-2-10-15-11-6-5-8-13(15)12-7-3-4-9-14(12)16/h12-14,16H,2-11H2,1H3. The van der Waals surface area contributed by atoms with Crippen molar-refractivity contribution in [2.24, 2.45) is 5.92 Å². The van der Waals surface area contributed by atoms with Crippen LogP contribution < -0.4 is 0 Å². The molecule has 2 rings (SSSR count). The van der Waals surface area contributed by atoms with Crippen LogP contribution in [0.1, 0.15) is 58.3 Å². The van der Waals surface area contributed by atoms with Gasteiger partial charge in [0, 0.05) is 12.0 Å². The molecule has 3 unspecified atom stereocenters. The predicted octanol–water partition coefficient (Wildman–Crippen LogP) is 2.80. The Bertz CT molecular complexity index is 205. The van der Waals surface area contributed by atoms with Crippen LogP contribution in [-0.2, 0) is 0 Å². The van der Waals surface area contributed by atoms with Gasteiger partial charge in [-0.05, 0) is 45.2 Å². The zero-order valence-electron chi connectivity index (χ0n) is 10.7. The fourth-order valence-corrected chi connectivity index (χ4v) is 3.66. The minimum absolute atomic E-state index is 0.0174. The molecular formula is C14H27NO. The molecule has 0 aromatic carbocycles. The van der Waals surface area contributed by atoms with Gasteiger partial charge in [0.05, 0.1) is 6.10 Å². The molecule has 16 heavy (non-hydrogen) atoms. The maximum Gasteiger partial charge on any atom is 0.0583 e. The van der Waals surface area contributed by atoms with Gasteiger partial charge in [-0.25, -0.2) is 0 Å². The van der Waals surface area contributed by atoms with Gasteiger partial charge in [0.2, 0.25) is 0 Å². The van der Waals surface area contributed by atoms with E-state index < -0.39 is 0 Å². The zero-order chi connectivity index (χ0) is 11.4.